The fourth-order valence-corrected chi connectivity index (χ4v) is 2.67. The molecule has 0 saturated carbocycles. The molecular formula is C13H19Cl2FN2. The van der Waals surface area contributed by atoms with Crippen LogP contribution in [0.1, 0.15) is 19.4 Å². The van der Waals surface area contributed by atoms with Crippen molar-refractivity contribution in [2.45, 2.75) is 32.5 Å². The highest BCUT2D eigenvalue weighted by atomic mass is 35.5. The lowest BCUT2D eigenvalue weighted by atomic mass is 10.1. The Labute approximate surface area is 119 Å². The normalized spacial score (nSPS) is 24.7. The average molecular weight is 293 g/mol. The molecule has 2 nitrogen and oxygen atoms in total. The highest BCUT2D eigenvalue weighted by Gasteiger charge is 2.21. The van der Waals surface area contributed by atoms with Crippen LogP contribution in [-0.4, -0.2) is 30.1 Å². The number of halogens is 3. The van der Waals surface area contributed by atoms with Gasteiger partial charge in [-0.2, -0.15) is 0 Å². The first kappa shape index (κ1) is 15.7. The second-order valence-electron chi connectivity index (χ2n) is 4.88. The molecule has 1 aromatic carbocycles. The Hall–Kier alpha value is -0.350. The smallest absolute Gasteiger partial charge is 0.146 e. The van der Waals surface area contributed by atoms with Gasteiger partial charge >= 0.3 is 0 Å². The fraction of sp³-hybridized carbons (Fsp3) is 0.538. The predicted molar refractivity (Wildman–Crippen MR) is 76.0 cm³/mol. The Balaban J connectivity index is 0.00000162. The molecule has 2 atom stereocenters. The number of nitrogens with one attached hydrogen (secondary N) is 1. The van der Waals surface area contributed by atoms with Gasteiger partial charge in [0.2, 0.25) is 0 Å². The first-order chi connectivity index (χ1) is 8.06. The van der Waals surface area contributed by atoms with Crippen LogP contribution in [0, 0.1) is 5.82 Å². The Morgan fingerprint density at radius 1 is 1.33 bits per heavy atom. The minimum atomic E-state index is -0.284. The molecule has 1 aliphatic heterocycles. The van der Waals surface area contributed by atoms with E-state index in [1.54, 1.807) is 18.2 Å². The van der Waals surface area contributed by atoms with Gasteiger partial charge < -0.3 is 5.32 Å². The Morgan fingerprint density at radius 2 is 1.94 bits per heavy atom. The molecule has 0 radical (unpaired) electrons. The molecule has 5 heteroatoms. The second-order valence-corrected chi connectivity index (χ2v) is 5.28. The number of hydrogen-bond acceptors (Lipinski definition) is 2. The van der Waals surface area contributed by atoms with E-state index in [4.69, 9.17) is 11.6 Å². The van der Waals surface area contributed by atoms with Gasteiger partial charge in [-0.1, -0.05) is 23.7 Å². The number of rotatable bonds is 2. The van der Waals surface area contributed by atoms with E-state index < -0.39 is 0 Å². The molecule has 18 heavy (non-hydrogen) atoms. The van der Waals surface area contributed by atoms with E-state index in [1.165, 1.54) is 0 Å². The van der Waals surface area contributed by atoms with Crippen LogP contribution in [0.25, 0.3) is 0 Å². The molecule has 1 aliphatic rings. The van der Waals surface area contributed by atoms with Gasteiger partial charge in [0.25, 0.3) is 0 Å². The van der Waals surface area contributed by atoms with Gasteiger partial charge in [0.05, 0.1) is 5.02 Å². The summed E-state index contributed by atoms with van der Waals surface area (Å²) in [5.41, 5.74) is 0.679. The molecule has 1 N–H and O–H groups in total. The molecule has 1 saturated heterocycles. The predicted octanol–water partition coefficient (Wildman–Crippen LogP) is 3.08. The topological polar surface area (TPSA) is 15.3 Å². The summed E-state index contributed by atoms with van der Waals surface area (Å²) < 4.78 is 13.8. The minimum Gasteiger partial charge on any atom is -0.309 e. The summed E-state index contributed by atoms with van der Waals surface area (Å²) in [7, 11) is 0. The van der Waals surface area contributed by atoms with Crippen LogP contribution in [0.4, 0.5) is 4.39 Å². The Morgan fingerprint density at radius 3 is 2.56 bits per heavy atom. The molecular weight excluding hydrogens is 274 g/mol. The molecule has 1 fully saturated rings. The van der Waals surface area contributed by atoms with E-state index in [0.717, 1.165) is 13.1 Å². The third kappa shape index (κ3) is 3.82. The van der Waals surface area contributed by atoms with Crippen LogP contribution in [0.2, 0.25) is 5.02 Å². The van der Waals surface area contributed by atoms with Crippen molar-refractivity contribution in [3.05, 3.63) is 34.6 Å². The lowest BCUT2D eigenvalue weighted by Crippen LogP contribution is -2.53. The van der Waals surface area contributed by atoms with Crippen LogP contribution < -0.4 is 5.32 Å². The van der Waals surface area contributed by atoms with Crippen molar-refractivity contribution in [1.29, 1.82) is 0 Å². The second kappa shape index (κ2) is 6.71. The summed E-state index contributed by atoms with van der Waals surface area (Å²) in [4.78, 5) is 2.26. The molecule has 0 spiro atoms. The van der Waals surface area contributed by atoms with Gasteiger partial charge in [-0.3, -0.25) is 4.90 Å². The van der Waals surface area contributed by atoms with Crippen molar-refractivity contribution < 1.29 is 4.39 Å². The van der Waals surface area contributed by atoms with E-state index in [-0.39, 0.29) is 23.2 Å². The highest BCUT2D eigenvalue weighted by molar-refractivity contribution is 6.30. The molecule has 0 amide bonds. The summed E-state index contributed by atoms with van der Waals surface area (Å²) in [6, 6.07) is 6.08. The van der Waals surface area contributed by atoms with Gasteiger partial charge in [-0.15, -0.1) is 12.4 Å². The molecule has 0 aromatic heterocycles. The van der Waals surface area contributed by atoms with Crippen LogP contribution >= 0.6 is 24.0 Å². The van der Waals surface area contributed by atoms with Crippen molar-refractivity contribution >= 4 is 24.0 Å². The minimum absolute atomic E-state index is 0. The average Bonchev–Trinajstić information content (AvgIpc) is 2.23. The molecule has 2 unspecified atom stereocenters. The number of piperazine rings is 1. The number of nitrogens with zero attached hydrogens (tertiary/aromatic N) is 1. The molecule has 0 aliphatic carbocycles. The van der Waals surface area contributed by atoms with Crippen molar-refractivity contribution in [3.8, 4) is 0 Å². The van der Waals surface area contributed by atoms with Gasteiger partial charge in [-0.05, 0) is 19.9 Å². The standard InChI is InChI=1S/C13H18ClFN2.ClH/c1-9-6-17(7-10(2)16-9)8-11-4-3-5-12(14)13(11)15;/h3-5,9-10,16H,6-8H2,1-2H3;1H. The monoisotopic (exact) mass is 292 g/mol. The van der Waals surface area contributed by atoms with Crippen LogP contribution in [0.3, 0.4) is 0 Å². The Kier molecular flexibility index (Phi) is 5.86. The molecule has 1 aromatic rings. The molecule has 0 bridgehead atoms. The highest BCUT2D eigenvalue weighted by Crippen LogP contribution is 2.20. The van der Waals surface area contributed by atoms with Crippen molar-refractivity contribution in [2.24, 2.45) is 0 Å². The third-order valence-electron chi connectivity index (χ3n) is 3.06. The SMILES string of the molecule is CC1CN(Cc2cccc(Cl)c2F)CC(C)N1.Cl. The molecule has 102 valence electrons. The zero-order valence-corrected chi connectivity index (χ0v) is 12.2. The first-order valence-corrected chi connectivity index (χ1v) is 6.35. The van der Waals surface area contributed by atoms with E-state index in [1.807, 2.05) is 0 Å². The number of benzene rings is 1. The summed E-state index contributed by atoms with van der Waals surface area (Å²) in [6.45, 7) is 6.81. The maximum Gasteiger partial charge on any atom is 0.146 e. The van der Waals surface area contributed by atoms with Crippen LogP contribution in [0.5, 0.6) is 0 Å². The maximum atomic E-state index is 13.8. The van der Waals surface area contributed by atoms with E-state index in [0.29, 0.717) is 24.2 Å². The van der Waals surface area contributed by atoms with Crippen molar-refractivity contribution in [1.82, 2.24) is 10.2 Å². The largest absolute Gasteiger partial charge is 0.309 e. The number of hydrogen-bond donors (Lipinski definition) is 1. The fourth-order valence-electron chi connectivity index (χ4n) is 2.48. The lowest BCUT2D eigenvalue weighted by molar-refractivity contribution is 0.165. The van der Waals surface area contributed by atoms with E-state index in [2.05, 4.69) is 24.1 Å². The molecule has 1 heterocycles. The zero-order chi connectivity index (χ0) is 12.4. The lowest BCUT2D eigenvalue weighted by Gasteiger charge is -2.36. The van der Waals surface area contributed by atoms with Gasteiger partial charge in [-0.25, -0.2) is 4.39 Å². The maximum absolute atomic E-state index is 13.8. The van der Waals surface area contributed by atoms with Crippen molar-refractivity contribution in [3.63, 3.8) is 0 Å². The summed E-state index contributed by atoms with van der Waals surface area (Å²) in [5.74, 6) is -0.284. The van der Waals surface area contributed by atoms with Gasteiger partial charge in [0.15, 0.2) is 0 Å². The third-order valence-corrected chi connectivity index (χ3v) is 3.35. The van der Waals surface area contributed by atoms with Crippen LogP contribution in [-0.2, 0) is 6.54 Å². The van der Waals surface area contributed by atoms with Gasteiger partial charge in [0.1, 0.15) is 5.82 Å². The summed E-state index contributed by atoms with van der Waals surface area (Å²) in [5, 5.41) is 3.67. The van der Waals surface area contributed by atoms with E-state index >= 15 is 0 Å². The Bertz CT molecular complexity index is 391. The van der Waals surface area contributed by atoms with Crippen LogP contribution in [0.15, 0.2) is 18.2 Å². The zero-order valence-electron chi connectivity index (χ0n) is 10.6. The molecule has 2 rings (SSSR count). The van der Waals surface area contributed by atoms with E-state index in [9.17, 15) is 4.39 Å². The summed E-state index contributed by atoms with van der Waals surface area (Å²) in [6.07, 6.45) is 0. The van der Waals surface area contributed by atoms with Gasteiger partial charge in [0, 0.05) is 37.3 Å². The first-order valence-electron chi connectivity index (χ1n) is 5.97. The quantitative estimate of drug-likeness (QED) is 0.901. The summed E-state index contributed by atoms with van der Waals surface area (Å²) >= 11 is 5.78. The van der Waals surface area contributed by atoms with Crippen molar-refractivity contribution in [2.75, 3.05) is 13.1 Å².